The van der Waals surface area contributed by atoms with Crippen LogP contribution >= 0.6 is 0 Å². The molecule has 0 bridgehead atoms. The molecule has 1 aliphatic carbocycles. The van der Waals surface area contributed by atoms with Gasteiger partial charge >= 0.3 is 0 Å². The molecule has 1 spiro atoms. The minimum absolute atomic E-state index is 0.127. The van der Waals surface area contributed by atoms with Crippen molar-refractivity contribution in [2.24, 2.45) is 5.92 Å². The van der Waals surface area contributed by atoms with E-state index in [1.807, 2.05) is 0 Å². The van der Waals surface area contributed by atoms with Gasteiger partial charge in [0.25, 0.3) is 0 Å². The normalized spacial score (nSPS) is 26.2. The zero-order valence-electron chi connectivity index (χ0n) is 11.5. The molecular weight excluding hydrogens is 212 g/mol. The Morgan fingerprint density at radius 3 is 2.71 bits per heavy atom. The van der Waals surface area contributed by atoms with Crippen molar-refractivity contribution in [3.8, 4) is 0 Å². The highest BCUT2D eigenvalue weighted by Crippen LogP contribution is 2.42. The molecule has 1 saturated carbocycles. The van der Waals surface area contributed by atoms with Crippen molar-refractivity contribution >= 4 is 5.91 Å². The van der Waals surface area contributed by atoms with E-state index in [0.717, 1.165) is 44.6 Å². The lowest BCUT2D eigenvalue weighted by Crippen LogP contribution is -2.38. The Morgan fingerprint density at radius 1 is 1.47 bits per heavy atom. The third-order valence-electron chi connectivity index (χ3n) is 3.98. The molecule has 1 saturated heterocycles. The fourth-order valence-corrected chi connectivity index (χ4v) is 2.79. The number of carbonyl (C=O) groups excluding carboxylic acids is 1. The van der Waals surface area contributed by atoms with Crippen molar-refractivity contribution in [2.45, 2.75) is 71.0 Å². The van der Waals surface area contributed by atoms with Gasteiger partial charge in [0.2, 0.25) is 5.91 Å². The number of hydrogen-bond donors (Lipinski definition) is 1. The summed E-state index contributed by atoms with van der Waals surface area (Å²) in [5.74, 6) is 1.11. The summed E-state index contributed by atoms with van der Waals surface area (Å²) in [6.07, 6.45) is 7.00. The lowest BCUT2D eigenvalue weighted by atomic mass is 10.1. The number of amides is 1. The highest BCUT2D eigenvalue weighted by molar-refractivity contribution is 5.91. The van der Waals surface area contributed by atoms with Crippen molar-refractivity contribution in [3.05, 3.63) is 0 Å². The molecule has 0 aromatic heterocycles. The van der Waals surface area contributed by atoms with Crippen molar-refractivity contribution < 1.29 is 4.79 Å². The minimum Gasteiger partial charge on any atom is -0.326 e. The van der Waals surface area contributed by atoms with Crippen molar-refractivity contribution in [1.82, 2.24) is 10.2 Å². The first-order valence-corrected chi connectivity index (χ1v) is 7.18. The lowest BCUT2D eigenvalue weighted by molar-refractivity contribution is -0.130. The Hall–Kier alpha value is -0.570. The van der Waals surface area contributed by atoms with Crippen LogP contribution in [-0.4, -0.2) is 29.1 Å². The van der Waals surface area contributed by atoms with Crippen LogP contribution in [0.2, 0.25) is 0 Å². The standard InChI is InChI=1S/C14H26N2O/c1-4-6-12-15-14(8-9-14)13(17)16(12)10-5-7-11(2)3/h11-12,15H,4-10H2,1-3H3. The Morgan fingerprint density at radius 2 is 2.18 bits per heavy atom. The highest BCUT2D eigenvalue weighted by atomic mass is 16.2. The molecule has 17 heavy (non-hydrogen) atoms. The third kappa shape index (κ3) is 2.65. The van der Waals surface area contributed by atoms with Crippen molar-refractivity contribution in [1.29, 1.82) is 0 Å². The van der Waals surface area contributed by atoms with Gasteiger partial charge in [0, 0.05) is 6.54 Å². The maximum atomic E-state index is 12.3. The quantitative estimate of drug-likeness (QED) is 0.771. The zero-order valence-corrected chi connectivity index (χ0v) is 11.5. The maximum absolute atomic E-state index is 12.3. The van der Waals surface area contributed by atoms with Gasteiger partial charge in [-0.2, -0.15) is 0 Å². The first-order valence-electron chi connectivity index (χ1n) is 7.18. The molecule has 1 amide bonds. The molecule has 98 valence electrons. The Kier molecular flexibility index (Phi) is 3.76. The number of hydrogen-bond acceptors (Lipinski definition) is 2. The molecule has 0 aromatic carbocycles. The van der Waals surface area contributed by atoms with Crippen LogP contribution in [0.3, 0.4) is 0 Å². The summed E-state index contributed by atoms with van der Waals surface area (Å²) < 4.78 is 0. The summed E-state index contributed by atoms with van der Waals surface area (Å²) in [5.41, 5.74) is -0.127. The van der Waals surface area contributed by atoms with Gasteiger partial charge in [-0.3, -0.25) is 10.1 Å². The van der Waals surface area contributed by atoms with E-state index in [2.05, 4.69) is 31.0 Å². The number of nitrogens with one attached hydrogen (secondary N) is 1. The number of nitrogens with zero attached hydrogens (tertiary/aromatic N) is 1. The van der Waals surface area contributed by atoms with Gasteiger partial charge in [0.1, 0.15) is 0 Å². The van der Waals surface area contributed by atoms with Crippen LogP contribution in [0.25, 0.3) is 0 Å². The van der Waals surface area contributed by atoms with E-state index >= 15 is 0 Å². The van der Waals surface area contributed by atoms with Crippen LogP contribution in [0.4, 0.5) is 0 Å². The van der Waals surface area contributed by atoms with E-state index in [1.165, 1.54) is 6.42 Å². The first-order chi connectivity index (χ1) is 8.09. The van der Waals surface area contributed by atoms with Crippen LogP contribution in [0.15, 0.2) is 0 Å². The van der Waals surface area contributed by atoms with E-state index in [1.54, 1.807) is 0 Å². The Balaban J connectivity index is 1.90. The summed E-state index contributed by atoms with van der Waals surface area (Å²) in [5, 5.41) is 3.56. The van der Waals surface area contributed by atoms with Crippen molar-refractivity contribution in [2.75, 3.05) is 6.54 Å². The summed E-state index contributed by atoms with van der Waals surface area (Å²) in [7, 11) is 0. The largest absolute Gasteiger partial charge is 0.326 e. The molecule has 1 atom stereocenters. The zero-order chi connectivity index (χ0) is 12.5. The second-order valence-corrected chi connectivity index (χ2v) is 6.07. The molecule has 1 heterocycles. The predicted octanol–water partition coefficient (Wildman–Crippen LogP) is 2.51. The van der Waals surface area contributed by atoms with Crippen LogP contribution in [0.5, 0.6) is 0 Å². The summed E-state index contributed by atoms with van der Waals surface area (Å²) in [4.78, 5) is 14.4. The van der Waals surface area contributed by atoms with E-state index < -0.39 is 0 Å². The molecular formula is C14H26N2O. The van der Waals surface area contributed by atoms with Gasteiger partial charge < -0.3 is 4.90 Å². The molecule has 2 rings (SSSR count). The van der Waals surface area contributed by atoms with Gasteiger partial charge in [-0.05, 0) is 38.0 Å². The van der Waals surface area contributed by atoms with E-state index in [4.69, 9.17) is 0 Å². The molecule has 3 nitrogen and oxygen atoms in total. The summed E-state index contributed by atoms with van der Waals surface area (Å²) >= 11 is 0. The molecule has 2 aliphatic rings. The van der Waals surface area contributed by atoms with E-state index in [-0.39, 0.29) is 5.54 Å². The first kappa shape index (κ1) is 12.9. The van der Waals surface area contributed by atoms with Gasteiger partial charge in [-0.15, -0.1) is 0 Å². The monoisotopic (exact) mass is 238 g/mol. The summed E-state index contributed by atoms with van der Waals surface area (Å²) in [6.45, 7) is 7.62. The molecule has 0 aromatic rings. The average Bonchev–Trinajstić information content (AvgIpc) is 2.99. The smallest absolute Gasteiger partial charge is 0.244 e. The predicted molar refractivity (Wildman–Crippen MR) is 69.6 cm³/mol. The van der Waals surface area contributed by atoms with Crippen LogP contribution < -0.4 is 5.32 Å². The Bertz CT molecular complexity index is 284. The fourth-order valence-electron chi connectivity index (χ4n) is 2.79. The molecule has 1 aliphatic heterocycles. The third-order valence-corrected chi connectivity index (χ3v) is 3.98. The maximum Gasteiger partial charge on any atom is 0.244 e. The second kappa shape index (κ2) is 4.97. The lowest BCUT2D eigenvalue weighted by Gasteiger charge is -2.24. The molecule has 1 N–H and O–H groups in total. The minimum atomic E-state index is -0.127. The van der Waals surface area contributed by atoms with Gasteiger partial charge in [0.15, 0.2) is 0 Å². The molecule has 2 fully saturated rings. The van der Waals surface area contributed by atoms with E-state index in [9.17, 15) is 4.79 Å². The van der Waals surface area contributed by atoms with Gasteiger partial charge in [-0.25, -0.2) is 0 Å². The van der Waals surface area contributed by atoms with Gasteiger partial charge in [-0.1, -0.05) is 27.2 Å². The molecule has 1 unspecified atom stereocenters. The number of rotatable bonds is 6. The van der Waals surface area contributed by atoms with Crippen LogP contribution in [-0.2, 0) is 4.79 Å². The average molecular weight is 238 g/mol. The molecule has 3 heteroatoms. The van der Waals surface area contributed by atoms with Crippen LogP contribution in [0, 0.1) is 5.92 Å². The summed E-state index contributed by atoms with van der Waals surface area (Å²) in [6, 6.07) is 0. The van der Waals surface area contributed by atoms with E-state index in [0.29, 0.717) is 12.1 Å². The molecule has 0 radical (unpaired) electrons. The van der Waals surface area contributed by atoms with Crippen molar-refractivity contribution in [3.63, 3.8) is 0 Å². The Labute approximate surface area is 105 Å². The van der Waals surface area contributed by atoms with Gasteiger partial charge in [0.05, 0.1) is 11.7 Å². The van der Waals surface area contributed by atoms with Crippen LogP contribution in [0.1, 0.15) is 59.3 Å². The SMILES string of the molecule is CCCC1NC2(CC2)C(=O)N1CCCC(C)C. The topological polar surface area (TPSA) is 32.3 Å². The fraction of sp³-hybridized carbons (Fsp3) is 0.929. The number of carbonyl (C=O) groups is 1. The highest BCUT2D eigenvalue weighted by Gasteiger charge is 2.58. The second-order valence-electron chi connectivity index (χ2n) is 6.07.